The lowest BCUT2D eigenvalue weighted by Crippen LogP contribution is -2.10. The Balaban J connectivity index is 1.47. The fraction of sp³-hybridized carbons (Fsp3) is 0.261. The average molecular weight is 388 g/mol. The summed E-state index contributed by atoms with van der Waals surface area (Å²) in [5.41, 5.74) is 8.66. The number of hydrogen-bond acceptors (Lipinski definition) is 5. The Kier molecular flexibility index (Phi) is 7.01. The first-order valence-corrected chi connectivity index (χ1v) is 9.71. The summed E-state index contributed by atoms with van der Waals surface area (Å²) < 4.78 is 6.79. The van der Waals surface area contributed by atoms with Gasteiger partial charge in [-0.25, -0.2) is 4.68 Å². The molecule has 0 aliphatic rings. The zero-order valence-corrected chi connectivity index (χ0v) is 16.3. The van der Waals surface area contributed by atoms with E-state index < -0.39 is 5.97 Å². The quantitative estimate of drug-likeness (QED) is 0.444. The van der Waals surface area contributed by atoms with Crippen molar-refractivity contribution in [3.63, 3.8) is 0 Å². The lowest BCUT2D eigenvalue weighted by Gasteiger charge is -2.04. The largest absolute Gasteiger partial charge is 0.465 e. The summed E-state index contributed by atoms with van der Waals surface area (Å²) in [6, 6.07) is 21.6. The fourth-order valence-corrected chi connectivity index (χ4v) is 3.12. The molecule has 148 valence electrons. The molecule has 6 nitrogen and oxygen atoms in total. The van der Waals surface area contributed by atoms with E-state index in [2.05, 4.69) is 17.2 Å². The van der Waals surface area contributed by atoms with Gasteiger partial charge < -0.3 is 10.5 Å². The van der Waals surface area contributed by atoms with E-state index in [1.165, 1.54) is 10.2 Å². The maximum Gasteiger partial charge on any atom is 0.311 e. The first-order valence-electron chi connectivity index (χ1n) is 9.71. The Morgan fingerprint density at radius 1 is 1.03 bits per heavy atom. The van der Waals surface area contributed by atoms with Crippen LogP contribution in [0.15, 0.2) is 60.7 Å². The highest BCUT2D eigenvalue weighted by atomic mass is 16.5. The molecule has 6 heteroatoms. The number of aromatic nitrogens is 2. The van der Waals surface area contributed by atoms with Crippen LogP contribution >= 0.6 is 0 Å². The van der Waals surface area contributed by atoms with Crippen molar-refractivity contribution in [2.24, 2.45) is 0 Å². The van der Waals surface area contributed by atoms with Gasteiger partial charge in [0.25, 0.3) is 0 Å². The number of carbonyl (C=O) groups excluding carboxylic acids is 1. The van der Waals surface area contributed by atoms with Crippen LogP contribution in [-0.2, 0) is 22.4 Å². The molecule has 1 heterocycles. The van der Waals surface area contributed by atoms with Crippen LogP contribution < -0.4 is 5.73 Å². The summed E-state index contributed by atoms with van der Waals surface area (Å²) in [5, 5.41) is 13.8. The second-order valence-corrected chi connectivity index (χ2v) is 6.76. The van der Waals surface area contributed by atoms with Crippen molar-refractivity contribution in [1.82, 2.24) is 9.78 Å². The fourth-order valence-electron chi connectivity index (χ4n) is 3.12. The van der Waals surface area contributed by atoms with Crippen LogP contribution in [0, 0.1) is 11.3 Å². The smallest absolute Gasteiger partial charge is 0.311 e. The van der Waals surface area contributed by atoms with Gasteiger partial charge in [-0.05, 0) is 43.4 Å². The van der Waals surface area contributed by atoms with Crippen molar-refractivity contribution in [1.29, 1.82) is 5.26 Å². The molecule has 0 spiro atoms. The highest BCUT2D eigenvalue weighted by Gasteiger charge is 2.19. The molecule has 0 aliphatic carbocycles. The lowest BCUT2D eigenvalue weighted by molar-refractivity contribution is -0.143. The lowest BCUT2D eigenvalue weighted by atomic mass is 10.1. The van der Waals surface area contributed by atoms with Crippen molar-refractivity contribution < 1.29 is 9.53 Å². The number of nitrogens with two attached hydrogens (primary N) is 1. The van der Waals surface area contributed by atoms with Gasteiger partial charge in [-0.1, -0.05) is 48.5 Å². The van der Waals surface area contributed by atoms with Crippen molar-refractivity contribution in [3.8, 4) is 11.8 Å². The van der Waals surface area contributed by atoms with Crippen LogP contribution in [0.5, 0.6) is 0 Å². The third kappa shape index (κ3) is 5.45. The number of para-hydroxylation sites is 1. The van der Waals surface area contributed by atoms with Crippen LogP contribution in [-0.4, -0.2) is 22.4 Å². The maximum atomic E-state index is 12.2. The third-order valence-corrected chi connectivity index (χ3v) is 4.63. The highest BCUT2D eigenvalue weighted by molar-refractivity contribution is 5.74. The van der Waals surface area contributed by atoms with Crippen LogP contribution in [0.3, 0.4) is 0 Å². The van der Waals surface area contributed by atoms with E-state index in [1.54, 1.807) is 0 Å². The van der Waals surface area contributed by atoms with E-state index in [0.717, 1.165) is 31.4 Å². The maximum absolute atomic E-state index is 12.2. The number of ether oxygens (including phenoxy) is 1. The molecule has 0 atom stereocenters. The van der Waals surface area contributed by atoms with Gasteiger partial charge in [0.15, 0.2) is 0 Å². The van der Waals surface area contributed by atoms with Crippen LogP contribution in [0.2, 0.25) is 0 Å². The number of nitrogen functional groups attached to an aromatic ring is 1. The molecule has 0 radical (unpaired) electrons. The zero-order valence-electron chi connectivity index (χ0n) is 16.3. The van der Waals surface area contributed by atoms with Gasteiger partial charge in [0, 0.05) is 0 Å². The summed E-state index contributed by atoms with van der Waals surface area (Å²) in [5.74, 6) is -0.176. The van der Waals surface area contributed by atoms with E-state index >= 15 is 0 Å². The number of esters is 1. The third-order valence-electron chi connectivity index (χ3n) is 4.63. The number of aryl methyl sites for hydroxylation is 1. The van der Waals surface area contributed by atoms with Gasteiger partial charge in [-0.3, -0.25) is 4.79 Å². The zero-order chi connectivity index (χ0) is 20.5. The molecule has 0 unspecified atom stereocenters. The minimum absolute atomic E-state index is 0.0725. The SMILES string of the molecule is N#Cc1c(CC(=O)OCCCCCc2ccccc2)nn(-c2ccccc2)c1N. The number of rotatable bonds is 9. The van der Waals surface area contributed by atoms with Crippen LogP contribution in [0.4, 0.5) is 5.82 Å². The molecule has 3 rings (SSSR count). The summed E-state index contributed by atoms with van der Waals surface area (Å²) in [7, 11) is 0. The number of anilines is 1. The van der Waals surface area contributed by atoms with Gasteiger partial charge in [-0.15, -0.1) is 0 Å². The molecule has 0 aliphatic heterocycles. The molecular formula is C23H24N4O2. The van der Waals surface area contributed by atoms with Crippen molar-refractivity contribution in [3.05, 3.63) is 77.5 Å². The first kappa shape index (κ1) is 20.2. The number of carbonyl (C=O) groups is 1. The number of nitrogens with zero attached hydrogens (tertiary/aromatic N) is 3. The summed E-state index contributed by atoms with van der Waals surface area (Å²) in [4.78, 5) is 12.2. The summed E-state index contributed by atoms with van der Waals surface area (Å²) in [6.07, 6.45) is 3.80. The van der Waals surface area contributed by atoms with Crippen molar-refractivity contribution in [2.75, 3.05) is 12.3 Å². The Morgan fingerprint density at radius 3 is 2.41 bits per heavy atom. The molecular weight excluding hydrogens is 364 g/mol. The molecule has 2 aromatic carbocycles. The monoisotopic (exact) mass is 388 g/mol. The number of nitriles is 1. The van der Waals surface area contributed by atoms with Gasteiger partial charge >= 0.3 is 5.97 Å². The molecule has 0 fully saturated rings. The number of benzene rings is 2. The molecule has 3 aromatic rings. The molecule has 29 heavy (non-hydrogen) atoms. The second kappa shape index (κ2) is 10.1. The van der Waals surface area contributed by atoms with E-state index in [9.17, 15) is 10.1 Å². The van der Waals surface area contributed by atoms with Gasteiger partial charge in [0.05, 0.1) is 24.4 Å². The van der Waals surface area contributed by atoms with E-state index in [0.29, 0.717) is 12.3 Å². The normalized spacial score (nSPS) is 10.4. The highest BCUT2D eigenvalue weighted by Crippen LogP contribution is 2.21. The summed E-state index contributed by atoms with van der Waals surface area (Å²) in [6.45, 7) is 0.365. The predicted molar refractivity (Wildman–Crippen MR) is 111 cm³/mol. The Bertz CT molecular complexity index is 975. The van der Waals surface area contributed by atoms with Gasteiger partial charge in [0.2, 0.25) is 0 Å². The Morgan fingerprint density at radius 2 is 1.72 bits per heavy atom. The molecule has 2 N–H and O–H groups in total. The minimum atomic E-state index is -0.401. The standard InChI is InChI=1S/C23H24N4O2/c24-17-20-21(26-27(23(20)25)19-13-7-2-8-14-19)16-22(28)29-15-9-3-6-12-18-10-4-1-5-11-18/h1-2,4-5,7-8,10-11,13-14H,3,6,9,12,15-16,25H2. The number of hydrogen-bond donors (Lipinski definition) is 1. The topological polar surface area (TPSA) is 93.9 Å². The summed E-state index contributed by atoms with van der Waals surface area (Å²) >= 11 is 0. The van der Waals surface area contributed by atoms with E-state index in [4.69, 9.17) is 10.5 Å². The average Bonchev–Trinajstić information content (AvgIpc) is 3.06. The molecule has 0 saturated carbocycles. The molecule has 0 amide bonds. The van der Waals surface area contributed by atoms with Crippen LogP contribution in [0.25, 0.3) is 5.69 Å². The Hall–Kier alpha value is -3.59. The first-order chi connectivity index (χ1) is 14.2. The van der Waals surface area contributed by atoms with Gasteiger partial charge in [-0.2, -0.15) is 10.4 Å². The van der Waals surface area contributed by atoms with Gasteiger partial charge in [0.1, 0.15) is 17.5 Å². The minimum Gasteiger partial charge on any atom is -0.465 e. The Labute approximate surface area is 170 Å². The van der Waals surface area contributed by atoms with Crippen molar-refractivity contribution in [2.45, 2.75) is 32.1 Å². The van der Waals surface area contributed by atoms with E-state index in [1.807, 2.05) is 54.6 Å². The predicted octanol–water partition coefficient (Wildman–Crippen LogP) is 3.82. The van der Waals surface area contributed by atoms with Crippen LogP contribution in [0.1, 0.15) is 36.1 Å². The second-order valence-electron chi connectivity index (χ2n) is 6.76. The molecule has 0 saturated heterocycles. The number of unbranched alkanes of at least 4 members (excludes halogenated alkanes) is 2. The molecule has 0 bridgehead atoms. The molecule has 1 aromatic heterocycles. The van der Waals surface area contributed by atoms with E-state index in [-0.39, 0.29) is 17.8 Å². The van der Waals surface area contributed by atoms with Crippen molar-refractivity contribution >= 4 is 11.8 Å².